The average Bonchev–Trinajstić information content (AvgIpc) is 2.64. The number of hydrogen-bond acceptors (Lipinski definition) is 2. The molecule has 0 N–H and O–H groups in total. The van der Waals surface area contributed by atoms with Gasteiger partial charge < -0.3 is 9.47 Å². The van der Waals surface area contributed by atoms with Crippen LogP contribution in [0.2, 0.25) is 0 Å². The summed E-state index contributed by atoms with van der Waals surface area (Å²) >= 11 is 0. The van der Waals surface area contributed by atoms with E-state index in [1.54, 1.807) is 0 Å². The summed E-state index contributed by atoms with van der Waals surface area (Å²) in [4.78, 5) is 0. The largest absolute Gasteiger partial charge is 0.464 e. The van der Waals surface area contributed by atoms with Crippen molar-refractivity contribution in [3.8, 4) is 5.75 Å². The van der Waals surface area contributed by atoms with E-state index in [1.807, 2.05) is 30.3 Å². The van der Waals surface area contributed by atoms with Crippen molar-refractivity contribution in [2.24, 2.45) is 5.41 Å². The molecule has 0 saturated carbocycles. The molecule has 0 radical (unpaired) electrons. The summed E-state index contributed by atoms with van der Waals surface area (Å²) in [5.41, 5.74) is 2.09. The van der Waals surface area contributed by atoms with Gasteiger partial charge in [-0.25, -0.2) is 0 Å². The number of benzene rings is 3. The minimum absolute atomic E-state index is 0.151. The van der Waals surface area contributed by atoms with Gasteiger partial charge in [0.15, 0.2) is 0 Å². The fourth-order valence-electron chi connectivity index (χ4n) is 2.85. The molecule has 0 aromatic heterocycles. The normalized spacial score (nSPS) is 12.7. The Labute approximate surface area is 156 Å². The van der Waals surface area contributed by atoms with Gasteiger partial charge in [0.05, 0.1) is 6.61 Å². The van der Waals surface area contributed by atoms with Crippen LogP contribution in [-0.4, -0.2) is 6.29 Å². The first-order valence-corrected chi connectivity index (χ1v) is 8.95. The van der Waals surface area contributed by atoms with Crippen LogP contribution < -0.4 is 4.74 Å². The summed E-state index contributed by atoms with van der Waals surface area (Å²) in [7, 11) is 0. The van der Waals surface area contributed by atoms with Gasteiger partial charge in [-0.05, 0) is 34.0 Å². The molecule has 0 saturated heterocycles. The van der Waals surface area contributed by atoms with Gasteiger partial charge in [-0.2, -0.15) is 0 Å². The van der Waals surface area contributed by atoms with Gasteiger partial charge >= 0.3 is 0 Å². The average molecular weight is 346 g/mol. The molecule has 0 bridgehead atoms. The Morgan fingerprint density at radius 2 is 1.62 bits per heavy atom. The minimum atomic E-state index is -0.351. The summed E-state index contributed by atoms with van der Waals surface area (Å²) < 4.78 is 12.4. The lowest BCUT2D eigenvalue weighted by molar-refractivity contribution is -0.148. The maximum absolute atomic E-state index is 6.22. The molecule has 0 aliphatic rings. The third-order valence-electron chi connectivity index (χ3n) is 4.34. The Bertz CT molecular complexity index is 867. The fraction of sp³-hybridized carbons (Fsp3) is 0.250. The first-order valence-electron chi connectivity index (χ1n) is 8.95. The van der Waals surface area contributed by atoms with Crippen LogP contribution in [0.25, 0.3) is 16.8 Å². The van der Waals surface area contributed by atoms with E-state index in [2.05, 4.69) is 69.8 Å². The zero-order valence-corrected chi connectivity index (χ0v) is 15.7. The zero-order chi connectivity index (χ0) is 18.6. The highest BCUT2D eigenvalue weighted by molar-refractivity contribution is 5.85. The maximum Gasteiger partial charge on any atom is 0.205 e. The summed E-state index contributed by atoms with van der Waals surface area (Å²) in [6, 6.07) is 22.6. The molecule has 0 amide bonds. The van der Waals surface area contributed by atoms with Crippen LogP contribution in [0.1, 0.15) is 31.9 Å². The molecule has 134 valence electrons. The predicted octanol–water partition coefficient (Wildman–Crippen LogP) is 6.45. The SMILES string of the molecule is C=Cc1ccc(OC(OCc2cccc3ccccc23)C(C)(C)C)cc1. The van der Waals surface area contributed by atoms with Gasteiger partial charge in [-0.15, -0.1) is 0 Å². The van der Waals surface area contributed by atoms with E-state index in [4.69, 9.17) is 9.47 Å². The minimum Gasteiger partial charge on any atom is -0.464 e. The second-order valence-corrected chi connectivity index (χ2v) is 7.54. The molecule has 3 aromatic rings. The molecule has 3 rings (SSSR count). The molecule has 1 unspecified atom stereocenters. The molecule has 0 aliphatic carbocycles. The van der Waals surface area contributed by atoms with Crippen molar-refractivity contribution in [2.75, 3.05) is 0 Å². The second-order valence-electron chi connectivity index (χ2n) is 7.54. The van der Waals surface area contributed by atoms with Crippen molar-refractivity contribution in [1.29, 1.82) is 0 Å². The summed E-state index contributed by atoms with van der Waals surface area (Å²) in [6.07, 6.45) is 1.47. The van der Waals surface area contributed by atoms with E-state index in [0.29, 0.717) is 6.61 Å². The van der Waals surface area contributed by atoms with Crippen molar-refractivity contribution >= 4 is 16.8 Å². The highest BCUT2D eigenvalue weighted by Gasteiger charge is 2.27. The van der Waals surface area contributed by atoms with Crippen LogP contribution in [-0.2, 0) is 11.3 Å². The van der Waals surface area contributed by atoms with E-state index >= 15 is 0 Å². The van der Waals surface area contributed by atoms with Gasteiger partial charge in [0.2, 0.25) is 6.29 Å². The Morgan fingerprint density at radius 3 is 2.31 bits per heavy atom. The molecular formula is C24H26O2. The molecule has 0 spiro atoms. The molecule has 3 aromatic carbocycles. The maximum atomic E-state index is 6.22. The smallest absolute Gasteiger partial charge is 0.205 e. The van der Waals surface area contributed by atoms with Crippen LogP contribution in [0.15, 0.2) is 73.3 Å². The third kappa shape index (κ3) is 4.33. The zero-order valence-electron chi connectivity index (χ0n) is 15.7. The number of fused-ring (bicyclic) bond motifs is 1. The van der Waals surface area contributed by atoms with Crippen molar-refractivity contribution in [3.63, 3.8) is 0 Å². The number of hydrogen-bond donors (Lipinski definition) is 0. The Morgan fingerprint density at radius 1 is 0.923 bits per heavy atom. The van der Waals surface area contributed by atoms with Gasteiger partial charge in [0.25, 0.3) is 0 Å². The standard InChI is InChI=1S/C24H26O2/c1-5-18-13-15-21(16-14-18)26-23(24(2,3)4)25-17-20-11-8-10-19-9-6-7-12-22(19)20/h5-16,23H,1,17H2,2-4H3. The molecule has 2 nitrogen and oxygen atoms in total. The topological polar surface area (TPSA) is 18.5 Å². The quantitative estimate of drug-likeness (QED) is 0.477. The Kier molecular flexibility index (Phi) is 5.43. The van der Waals surface area contributed by atoms with E-state index in [-0.39, 0.29) is 11.7 Å². The lowest BCUT2D eigenvalue weighted by Crippen LogP contribution is -2.34. The lowest BCUT2D eigenvalue weighted by atomic mass is 9.95. The summed E-state index contributed by atoms with van der Waals surface area (Å²) in [5.74, 6) is 0.799. The number of ether oxygens (including phenoxy) is 2. The molecule has 0 fully saturated rings. The molecular weight excluding hydrogens is 320 g/mol. The monoisotopic (exact) mass is 346 g/mol. The van der Waals surface area contributed by atoms with Crippen molar-refractivity contribution in [2.45, 2.75) is 33.7 Å². The molecule has 0 heterocycles. The van der Waals surface area contributed by atoms with Crippen molar-refractivity contribution < 1.29 is 9.47 Å². The first-order chi connectivity index (χ1) is 12.5. The Balaban J connectivity index is 1.77. The van der Waals surface area contributed by atoms with Crippen molar-refractivity contribution in [1.82, 2.24) is 0 Å². The van der Waals surface area contributed by atoms with Crippen LogP contribution in [0.3, 0.4) is 0 Å². The van der Waals surface area contributed by atoms with Crippen LogP contribution >= 0.6 is 0 Å². The van der Waals surface area contributed by atoms with Crippen molar-refractivity contribution in [3.05, 3.63) is 84.4 Å². The number of rotatable bonds is 6. The fourth-order valence-corrected chi connectivity index (χ4v) is 2.85. The second kappa shape index (κ2) is 7.76. The first kappa shape index (κ1) is 18.2. The molecule has 0 aliphatic heterocycles. The molecule has 26 heavy (non-hydrogen) atoms. The van der Waals surface area contributed by atoms with E-state index < -0.39 is 0 Å². The molecule has 1 atom stereocenters. The highest BCUT2D eigenvalue weighted by Crippen LogP contribution is 2.28. The van der Waals surface area contributed by atoms with Crippen LogP contribution in [0.4, 0.5) is 0 Å². The third-order valence-corrected chi connectivity index (χ3v) is 4.34. The van der Waals surface area contributed by atoms with E-state index in [9.17, 15) is 0 Å². The van der Waals surface area contributed by atoms with Gasteiger partial charge in [-0.3, -0.25) is 0 Å². The summed E-state index contributed by atoms with van der Waals surface area (Å²) in [6.45, 7) is 10.7. The van der Waals surface area contributed by atoms with E-state index in [1.165, 1.54) is 16.3 Å². The molecule has 2 heteroatoms. The van der Waals surface area contributed by atoms with E-state index in [0.717, 1.165) is 11.3 Å². The van der Waals surface area contributed by atoms with Gasteiger partial charge in [0, 0.05) is 5.41 Å². The Hall–Kier alpha value is -2.58. The highest BCUT2D eigenvalue weighted by atomic mass is 16.7. The van der Waals surface area contributed by atoms with Crippen LogP contribution in [0, 0.1) is 5.41 Å². The van der Waals surface area contributed by atoms with Gasteiger partial charge in [-0.1, -0.05) is 88.0 Å². The summed E-state index contributed by atoms with van der Waals surface area (Å²) in [5, 5.41) is 2.44. The van der Waals surface area contributed by atoms with Gasteiger partial charge in [0.1, 0.15) is 5.75 Å². The van der Waals surface area contributed by atoms with Crippen LogP contribution in [0.5, 0.6) is 5.75 Å². The predicted molar refractivity (Wildman–Crippen MR) is 109 cm³/mol. The lowest BCUT2D eigenvalue weighted by Gasteiger charge is -2.31.